The van der Waals surface area contributed by atoms with E-state index >= 15 is 0 Å². The molecule has 0 aliphatic carbocycles. The zero-order valence-corrected chi connectivity index (χ0v) is 10.6. The minimum atomic E-state index is 1.02. The third-order valence-corrected chi connectivity index (χ3v) is 3.48. The third-order valence-electron chi connectivity index (χ3n) is 3.48. The summed E-state index contributed by atoms with van der Waals surface area (Å²) in [5, 5.41) is 0. The van der Waals surface area contributed by atoms with Crippen LogP contribution in [0.5, 0.6) is 0 Å². The van der Waals surface area contributed by atoms with Crippen LogP contribution in [-0.2, 0) is 7.05 Å². The summed E-state index contributed by atoms with van der Waals surface area (Å²) in [4.78, 5) is 4.81. The van der Waals surface area contributed by atoms with Crippen LogP contribution in [0.4, 0.5) is 0 Å². The number of nitrogens with zero attached hydrogens (tertiary/aromatic N) is 3. The number of aromatic nitrogens is 3. The highest BCUT2D eigenvalue weighted by Crippen LogP contribution is 2.27. The first kappa shape index (κ1) is 10.4. The molecule has 0 N–H and O–H groups in total. The van der Waals surface area contributed by atoms with Crippen molar-refractivity contribution in [3.8, 4) is 11.3 Å². The molecule has 4 rings (SSSR count). The van der Waals surface area contributed by atoms with Gasteiger partial charge in [0, 0.05) is 18.8 Å². The smallest absolute Gasteiger partial charge is 0.107 e. The van der Waals surface area contributed by atoms with Crippen LogP contribution in [0.3, 0.4) is 0 Å². The first-order valence-electron chi connectivity index (χ1n) is 6.33. The molecule has 2 aromatic carbocycles. The van der Waals surface area contributed by atoms with Gasteiger partial charge in [-0.25, -0.2) is 9.50 Å². The predicted molar refractivity (Wildman–Crippen MR) is 77.1 cm³/mol. The molecule has 0 unspecified atom stereocenters. The molecular formula is C16H13N3. The summed E-state index contributed by atoms with van der Waals surface area (Å²) >= 11 is 0. The number of rotatable bonds is 1. The summed E-state index contributed by atoms with van der Waals surface area (Å²) in [5.41, 5.74) is 5.51. The monoisotopic (exact) mass is 247 g/mol. The maximum absolute atomic E-state index is 4.81. The highest BCUT2D eigenvalue weighted by molar-refractivity contribution is 5.87. The highest BCUT2D eigenvalue weighted by Gasteiger charge is 2.13. The molecule has 4 aromatic rings. The Labute approximate surface area is 110 Å². The fraction of sp³-hybridized carbons (Fsp3) is 0.0625. The minimum absolute atomic E-state index is 1.02. The van der Waals surface area contributed by atoms with Crippen molar-refractivity contribution in [2.75, 3.05) is 0 Å². The molecule has 2 aromatic heterocycles. The largest absolute Gasteiger partial charge is 0.289 e. The van der Waals surface area contributed by atoms with E-state index in [0.29, 0.717) is 0 Å². The topological polar surface area (TPSA) is 22.2 Å². The van der Waals surface area contributed by atoms with Gasteiger partial charge in [-0.15, -0.1) is 0 Å². The Kier molecular flexibility index (Phi) is 2.03. The van der Waals surface area contributed by atoms with Gasteiger partial charge < -0.3 is 0 Å². The molecule has 92 valence electrons. The minimum Gasteiger partial charge on any atom is -0.289 e. The number of hydrogen-bond donors (Lipinski definition) is 0. The number of benzene rings is 2. The van der Waals surface area contributed by atoms with Crippen LogP contribution >= 0.6 is 0 Å². The molecule has 0 amide bonds. The summed E-state index contributed by atoms with van der Waals surface area (Å²) in [6.45, 7) is 0. The van der Waals surface area contributed by atoms with E-state index in [-0.39, 0.29) is 0 Å². The van der Waals surface area contributed by atoms with E-state index in [1.54, 1.807) is 0 Å². The van der Waals surface area contributed by atoms with Gasteiger partial charge in [0.2, 0.25) is 0 Å². The quantitative estimate of drug-likeness (QED) is 0.504. The average molecular weight is 247 g/mol. The Hall–Kier alpha value is -2.55. The Morgan fingerprint density at radius 3 is 2.37 bits per heavy atom. The van der Waals surface area contributed by atoms with Gasteiger partial charge in [-0.2, -0.15) is 0 Å². The lowest BCUT2D eigenvalue weighted by Gasteiger charge is -2.19. The molecule has 0 fully saturated rings. The first-order chi connectivity index (χ1) is 9.34. The first-order valence-corrected chi connectivity index (χ1v) is 6.33. The number of aryl methyl sites for hydroxylation is 1. The Balaban J connectivity index is 2.13. The summed E-state index contributed by atoms with van der Waals surface area (Å²) in [6, 6.07) is 18.6. The lowest BCUT2D eigenvalue weighted by molar-refractivity contribution is 0.664. The van der Waals surface area contributed by atoms with Crippen LogP contribution < -0.4 is 0 Å². The zero-order valence-electron chi connectivity index (χ0n) is 10.6. The summed E-state index contributed by atoms with van der Waals surface area (Å²) in [7, 11) is 2.05. The second-order valence-corrected chi connectivity index (χ2v) is 4.71. The van der Waals surface area contributed by atoms with Crippen LogP contribution in [-0.4, -0.2) is 14.2 Å². The molecule has 3 heteroatoms. The molecule has 19 heavy (non-hydrogen) atoms. The van der Waals surface area contributed by atoms with Gasteiger partial charge in [-0.05, 0) is 12.1 Å². The van der Waals surface area contributed by atoms with Gasteiger partial charge in [0.05, 0.1) is 16.7 Å². The average Bonchev–Trinajstić information content (AvgIpc) is 2.45. The number of fused-ring (bicyclic) bond motifs is 3. The highest BCUT2D eigenvalue weighted by atomic mass is 15.4. The lowest BCUT2D eigenvalue weighted by atomic mass is 10.1. The number of hydrogen-bond acceptors (Lipinski definition) is 1. The maximum Gasteiger partial charge on any atom is 0.107 e. The molecule has 0 saturated carbocycles. The van der Waals surface area contributed by atoms with Crippen LogP contribution in [0.25, 0.3) is 27.8 Å². The van der Waals surface area contributed by atoms with Gasteiger partial charge in [0.15, 0.2) is 0 Å². The van der Waals surface area contributed by atoms with Crippen molar-refractivity contribution in [1.82, 2.24) is 14.2 Å². The van der Waals surface area contributed by atoms with Crippen LogP contribution in [0, 0.1) is 0 Å². The van der Waals surface area contributed by atoms with E-state index in [1.807, 2.05) is 37.4 Å². The van der Waals surface area contributed by atoms with Crippen molar-refractivity contribution >= 4 is 16.6 Å². The maximum atomic E-state index is 4.81. The van der Waals surface area contributed by atoms with Crippen molar-refractivity contribution in [1.29, 1.82) is 0 Å². The molecule has 0 bridgehead atoms. The second kappa shape index (κ2) is 3.72. The van der Waals surface area contributed by atoms with E-state index in [2.05, 4.69) is 39.7 Å². The van der Waals surface area contributed by atoms with Crippen molar-refractivity contribution in [3.05, 3.63) is 60.8 Å². The van der Waals surface area contributed by atoms with E-state index in [4.69, 9.17) is 4.98 Å². The van der Waals surface area contributed by atoms with Crippen molar-refractivity contribution in [2.45, 2.75) is 0 Å². The van der Waals surface area contributed by atoms with E-state index in [1.165, 1.54) is 0 Å². The summed E-state index contributed by atoms with van der Waals surface area (Å²) < 4.78 is 4.29. The van der Waals surface area contributed by atoms with Crippen LogP contribution in [0.15, 0.2) is 60.8 Å². The standard InChI is InChI=1S/C16H13N3/c1-18-11-15-16(12-7-3-2-4-8-12)17-13-9-5-6-10-14(13)19(15)18/h2-11H,1H3. The SMILES string of the molecule is Cn1cc2c(-c3ccccc3)nc3ccccc3n21. The Morgan fingerprint density at radius 1 is 0.842 bits per heavy atom. The van der Waals surface area contributed by atoms with Crippen molar-refractivity contribution in [2.24, 2.45) is 7.05 Å². The molecule has 0 aliphatic heterocycles. The van der Waals surface area contributed by atoms with Crippen LogP contribution in [0.1, 0.15) is 0 Å². The second-order valence-electron chi connectivity index (χ2n) is 4.71. The molecule has 2 heterocycles. The van der Waals surface area contributed by atoms with Gasteiger partial charge in [0.25, 0.3) is 0 Å². The fourth-order valence-electron chi connectivity index (χ4n) is 2.59. The van der Waals surface area contributed by atoms with Crippen molar-refractivity contribution < 1.29 is 0 Å². The summed E-state index contributed by atoms with van der Waals surface area (Å²) in [6.07, 6.45) is 2.11. The predicted octanol–water partition coefficient (Wildman–Crippen LogP) is 3.49. The van der Waals surface area contributed by atoms with Crippen molar-refractivity contribution in [3.63, 3.8) is 0 Å². The zero-order chi connectivity index (χ0) is 12.8. The molecule has 3 nitrogen and oxygen atoms in total. The molecule has 0 radical (unpaired) electrons. The van der Waals surface area contributed by atoms with Gasteiger partial charge in [-0.3, -0.25) is 4.68 Å². The van der Waals surface area contributed by atoms with E-state index in [9.17, 15) is 0 Å². The Morgan fingerprint density at radius 2 is 1.58 bits per heavy atom. The molecule has 0 atom stereocenters. The third kappa shape index (κ3) is 1.41. The molecule has 0 spiro atoms. The van der Waals surface area contributed by atoms with Gasteiger partial charge in [0.1, 0.15) is 5.52 Å². The molecular weight excluding hydrogens is 234 g/mol. The molecule has 0 aliphatic rings. The van der Waals surface area contributed by atoms with Gasteiger partial charge in [-0.1, -0.05) is 42.5 Å². The van der Waals surface area contributed by atoms with Gasteiger partial charge >= 0.3 is 0 Å². The summed E-state index contributed by atoms with van der Waals surface area (Å²) in [5.74, 6) is 0. The van der Waals surface area contributed by atoms with E-state index < -0.39 is 0 Å². The lowest BCUT2D eigenvalue weighted by Crippen LogP contribution is -2.14. The number of para-hydroxylation sites is 2. The Bertz CT molecular complexity index is 869. The molecule has 0 saturated heterocycles. The van der Waals surface area contributed by atoms with E-state index in [0.717, 1.165) is 27.8 Å². The fourth-order valence-corrected chi connectivity index (χ4v) is 2.59. The normalized spacial score (nSPS) is 11.4. The van der Waals surface area contributed by atoms with Crippen LogP contribution in [0.2, 0.25) is 0 Å².